The molecule has 2 amide bonds. The molecule has 5 heteroatoms. The van der Waals surface area contributed by atoms with E-state index in [0.717, 1.165) is 29.8 Å². The van der Waals surface area contributed by atoms with Crippen LogP contribution >= 0.6 is 11.8 Å². The minimum absolute atomic E-state index is 0.113. The van der Waals surface area contributed by atoms with Gasteiger partial charge in [0, 0.05) is 29.2 Å². The number of carbonyl (C=O) groups excluding carboxylic acids is 2. The standard InChI is InChI=1S/C20H22N2O2S/c1-3-10-22-18-9-6-15(11-16(18)12-19(22)23)20(24)21-13-14-4-7-17(25-2)8-5-14/h4-9,11H,3,10,12-13H2,1-2H3,(H,21,24). The Bertz CT molecular complexity index is 787. The van der Waals surface area contributed by atoms with Gasteiger partial charge in [-0.15, -0.1) is 11.8 Å². The second kappa shape index (κ2) is 7.74. The number of thioether (sulfide) groups is 1. The first-order chi connectivity index (χ1) is 12.1. The molecule has 0 aliphatic carbocycles. The van der Waals surface area contributed by atoms with Crippen molar-refractivity contribution >= 4 is 29.3 Å². The lowest BCUT2D eigenvalue weighted by atomic mass is 10.1. The highest BCUT2D eigenvalue weighted by molar-refractivity contribution is 7.98. The lowest BCUT2D eigenvalue weighted by molar-refractivity contribution is -0.117. The first kappa shape index (κ1) is 17.5. The molecule has 0 radical (unpaired) electrons. The molecule has 0 bridgehead atoms. The van der Waals surface area contributed by atoms with Crippen molar-refractivity contribution in [2.24, 2.45) is 0 Å². The zero-order valence-electron chi connectivity index (χ0n) is 14.5. The Labute approximate surface area is 152 Å². The first-order valence-corrected chi connectivity index (χ1v) is 9.69. The van der Waals surface area contributed by atoms with Crippen LogP contribution in [-0.4, -0.2) is 24.6 Å². The molecule has 2 aromatic rings. The van der Waals surface area contributed by atoms with Crippen molar-refractivity contribution in [1.29, 1.82) is 0 Å². The fraction of sp³-hybridized carbons (Fsp3) is 0.300. The maximum Gasteiger partial charge on any atom is 0.251 e. The van der Waals surface area contributed by atoms with E-state index in [0.29, 0.717) is 18.5 Å². The zero-order valence-corrected chi connectivity index (χ0v) is 15.4. The van der Waals surface area contributed by atoms with Crippen LogP contribution in [0.15, 0.2) is 47.4 Å². The third kappa shape index (κ3) is 3.87. The molecule has 1 aliphatic rings. The van der Waals surface area contributed by atoms with E-state index in [-0.39, 0.29) is 11.8 Å². The van der Waals surface area contributed by atoms with Gasteiger partial charge >= 0.3 is 0 Å². The van der Waals surface area contributed by atoms with Crippen molar-refractivity contribution in [3.63, 3.8) is 0 Å². The fourth-order valence-corrected chi connectivity index (χ4v) is 3.43. The molecule has 1 heterocycles. The molecule has 1 N–H and O–H groups in total. The van der Waals surface area contributed by atoms with E-state index in [4.69, 9.17) is 0 Å². The summed E-state index contributed by atoms with van der Waals surface area (Å²) >= 11 is 1.69. The van der Waals surface area contributed by atoms with Crippen LogP contribution in [0.2, 0.25) is 0 Å². The highest BCUT2D eigenvalue weighted by Gasteiger charge is 2.27. The molecule has 25 heavy (non-hydrogen) atoms. The topological polar surface area (TPSA) is 49.4 Å². The number of fused-ring (bicyclic) bond motifs is 1. The third-order valence-electron chi connectivity index (χ3n) is 4.33. The molecule has 130 valence electrons. The average Bonchev–Trinajstić information content (AvgIpc) is 2.95. The van der Waals surface area contributed by atoms with Crippen molar-refractivity contribution in [3.05, 3.63) is 59.2 Å². The Morgan fingerprint density at radius 3 is 2.64 bits per heavy atom. The molecular weight excluding hydrogens is 332 g/mol. The van der Waals surface area contributed by atoms with E-state index in [1.165, 1.54) is 4.90 Å². The van der Waals surface area contributed by atoms with Gasteiger partial charge in [0.15, 0.2) is 0 Å². The Morgan fingerprint density at radius 2 is 1.96 bits per heavy atom. The van der Waals surface area contributed by atoms with E-state index < -0.39 is 0 Å². The van der Waals surface area contributed by atoms with Crippen molar-refractivity contribution in [3.8, 4) is 0 Å². The molecule has 0 fully saturated rings. The fourth-order valence-electron chi connectivity index (χ4n) is 3.02. The van der Waals surface area contributed by atoms with Crippen LogP contribution in [0.1, 0.15) is 34.8 Å². The number of nitrogens with zero attached hydrogens (tertiary/aromatic N) is 1. The Kier molecular flexibility index (Phi) is 5.43. The van der Waals surface area contributed by atoms with Gasteiger partial charge in [-0.25, -0.2) is 0 Å². The summed E-state index contributed by atoms with van der Waals surface area (Å²) in [4.78, 5) is 27.5. The van der Waals surface area contributed by atoms with Gasteiger partial charge < -0.3 is 10.2 Å². The minimum atomic E-state index is -0.113. The molecule has 0 spiro atoms. The van der Waals surface area contributed by atoms with E-state index >= 15 is 0 Å². The van der Waals surface area contributed by atoms with Gasteiger partial charge in [0.2, 0.25) is 5.91 Å². The summed E-state index contributed by atoms with van der Waals surface area (Å²) in [7, 11) is 0. The van der Waals surface area contributed by atoms with Crippen molar-refractivity contribution < 1.29 is 9.59 Å². The van der Waals surface area contributed by atoms with Crippen molar-refractivity contribution in [1.82, 2.24) is 5.32 Å². The van der Waals surface area contributed by atoms with Crippen LogP contribution in [0.25, 0.3) is 0 Å². The maximum atomic E-state index is 12.4. The Hall–Kier alpha value is -2.27. The summed E-state index contributed by atoms with van der Waals surface area (Å²) in [6, 6.07) is 13.7. The van der Waals surface area contributed by atoms with Crippen LogP contribution < -0.4 is 10.2 Å². The first-order valence-electron chi connectivity index (χ1n) is 8.46. The molecule has 0 aromatic heterocycles. The number of benzene rings is 2. The van der Waals surface area contributed by atoms with Gasteiger partial charge in [-0.1, -0.05) is 19.1 Å². The minimum Gasteiger partial charge on any atom is -0.348 e. The molecule has 1 aliphatic heterocycles. The molecule has 2 aromatic carbocycles. The normalized spacial score (nSPS) is 13.0. The predicted octanol–water partition coefficient (Wildman–Crippen LogP) is 3.64. The lowest BCUT2D eigenvalue weighted by Crippen LogP contribution is -2.27. The quantitative estimate of drug-likeness (QED) is 0.806. The number of carbonyl (C=O) groups is 2. The van der Waals surface area contributed by atoms with Gasteiger partial charge in [-0.3, -0.25) is 9.59 Å². The van der Waals surface area contributed by atoms with Crippen LogP contribution in [-0.2, 0) is 17.8 Å². The number of amides is 2. The Balaban J connectivity index is 1.67. The van der Waals surface area contributed by atoms with E-state index in [2.05, 4.69) is 24.4 Å². The third-order valence-corrected chi connectivity index (χ3v) is 5.08. The molecule has 0 unspecified atom stereocenters. The van der Waals surface area contributed by atoms with Crippen molar-refractivity contribution in [2.45, 2.75) is 31.2 Å². The van der Waals surface area contributed by atoms with Gasteiger partial charge in [0.1, 0.15) is 0 Å². The summed E-state index contributed by atoms with van der Waals surface area (Å²) in [5.41, 5.74) is 3.55. The zero-order chi connectivity index (χ0) is 17.8. The van der Waals surface area contributed by atoms with Crippen LogP contribution in [0.3, 0.4) is 0 Å². The van der Waals surface area contributed by atoms with Crippen molar-refractivity contribution in [2.75, 3.05) is 17.7 Å². The second-order valence-corrected chi connectivity index (χ2v) is 6.98. The lowest BCUT2D eigenvalue weighted by Gasteiger charge is -2.16. The molecule has 3 rings (SSSR count). The second-order valence-electron chi connectivity index (χ2n) is 6.10. The molecule has 4 nitrogen and oxygen atoms in total. The summed E-state index contributed by atoms with van der Waals surface area (Å²) in [5, 5.41) is 2.95. The predicted molar refractivity (Wildman–Crippen MR) is 102 cm³/mol. The van der Waals surface area contributed by atoms with Gasteiger partial charge in [0.05, 0.1) is 6.42 Å². The number of anilines is 1. The SMILES string of the molecule is CCCN1C(=O)Cc2cc(C(=O)NCc3ccc(SC)cc3)ccc21. The number of nitrogens with one attached hydrogen (secondary N) is 1. The summed E-state index contributed by atoms with van der Waals surface area (Å²) in [6.07, 6.45) is 3.34. The number of hydrogen-bond donors (Lipinski definition) is 1. The van der Waals surface area contributed by atoms with Crippen LogP contribution in [0.4, 0.5) is 5.69 Å². The number of hydrogen-bond acceptors (Lipinski definition) is 3. The Morgan fingerprint density at radius 1 is 1.20 bits per heavy atom. The largest absolute Gasteiger partial charge is 0.348 e. The molecular formula is C20H22N2O2S. The molecule has 0 atom stereocenters. The van der Waals surface area contributed by atoms with E-state index in [1.807, 2.05) is 35.4 Å². The van der Waals surface area contributed by atoms with Gasteiger partial charge in [-0.05, 0) is 54.1 Å². The van der Waals surface area contributed by atoms with Gasteiger partial charge in [0.25, 0.3) is 5.91 Å². The van der Waals surface area contributed by atoms with Crippen LogP contribution in [0, 0.1) is 0 Å². The summed E-state index contributed by atoms with van der Waals surface area (Å²) < 4.78 is 0. The molecule has 0 saturated heterocycles. The highest BCUT2D eigenvalue weighted by atomic mass is 32.2. The number of rotatable bonds is 6. The smallest absolute Gasteiger partial charge is 0.251 e. The van der Waals surface area contributed by atoms with E-state index in [9.17, 15) is 9.59 Å². The average molecular weight is 354 g/mol. The van der Waals surface area contributed by atoms with Crippen LogP contribution in [0.5, 0.6) is 0 Å². The van der Waals surface area contributed by atoms with E-state index in [1.54, 1.807) is 17.8 Å². The molecule has 0 saturated carbocycles. The monoisotopic (exact) mass is 354 g/mol. The maximum absolute atomic E-state index is 12.4. The highest BCUT2D eigenvalue weighted by Crippen LogP contribution is 2.29. The summed E-state index contributed by atoms with van der Waals surface area (Å²) in [5.74, 6) is 0.00132. The summed E-state index contributed by atoms with van der Waals surface area (Å²) in [6.45, 7) is 3.27. The van der Waals surface area contributed by atoms with Gasteiger partial charge in [-0.2, -0.15) is 0 Å².